The largest absolute Gasteiger partial charge is 0.484 e. The highest BCUT2D eigenvalue weighted by atomic mass is 19.1. The lowest BCUT2D eigenvalue weighted by atomic mass is 9.89. The number of amides is 1. The van der Waals surface area contributed by atoms with Gasteiger partial charge in [0.15, 0.2) is 11.6 Å². The first-order valence-corrected chi connectivity index (χ1v) is 9.71. The number of nitrogens with zero attached hydrogens (tertiary/aromatic N) is 1. The highest BCUT2D eigenvalue weighted by Gasteiger charge is 2.36. The molecule has 3 rings (SSSR count). The van der Waals surface area contributed by atoms with Gasteiger partial charge in [0, 0.05) is 6.04 Å². The molecule has 1 fully saturated rings. The summed E-state index contributed by atoms with van der Waals surface area (Å²) in [6.45, 7) is 2.01. The second-order valence-corrected chi connectivity index (χ2v) is 7.51. The van der Waals surface area contributed by atoms with Gasteiger partial charge in [0.1, 0.15) is 18.0 Å². The van der Waals surface area contributed by atoms with Crippen LogP contribution in [-0.2, 0) is 4.79 Å². The zero-order chi connectivity index (χ0) is 21.0. The topological polar surface area (TPSA) is 85.0 Å². The minimum atomic E-state index is -0.844. The molecule has 0 saturated heterocycles. The van der Waals surface area contributed by atoms with Crippen molar-refractivity contribution in [2.75, 3.05) is 13.6 Å². The maximum atomic E-state index is 14.5. The lowest BCUT2D eigenvalue weighted by Gasteiger charge is -2.39. The van der Waals surface area contributed by atoms with Crippen molar-refractivity contribution in [2.45, 2.75) is 44.4 Å². The van der Waals surface area contributed by atoms with Crippen LogP contribution in [0.15, 0.2) is 42.5 Å². The van der Waals surface area contributed by atoms with Gasteiger partial charge in [0.05, 0.1) is 6.54 Å². The summed E-state index contributed by atoms with van der Waals surface area (Å²) in [4.78, 5) is 13.0. The number of hydrogen-bond acceptors (Lipinski definition) is 5. The normalized spacial score (nSPS) is 21.8. The summed E-state index contributed by atoms with van der Waals surface area (Å²) in [6.07, 6.45) is 0.747. The van der Waals surface area contributed by atoms with E-state index in [-0.39, 0.29) is 24.1 Å². The van der Waals surface area contributed by atoms with Crippen LogP contribution in [0.1, 0.15) is 24.8 Å². The van der Waals surface area contributed by atoms with Gasteiger partial charge in [-0.05, 0) is 57.5 Å². The number of halogens is 1. The molecule has 1 aliphatic carbocycles. The van der Waals surface area contributed by atoms with Crippen LogP contribution in [0, 0.1) is 12.7 Å². The molecule has 3 N–H and O–H groups in total. The number of primary amides is 1. The predicted octanol–water partition coefficient (Wildman–Crippen LogP) is 3.00. The van der Waals surface area contributed by atoms with E-state index in [9.17, 15) is 14.3 Å². The van der Waals surface area contributed by atoms with Gasteiger partial charge in [0.2, 0.25) is 11.7 Å². The van der Waals surface area contributed by atoms with Crippen molar-refractivity contribution in [3.8, 4) is 17.2 Å². The van der Waals surface area contributed by atoms with Crippen LogP contribution in [0.4, 0.5) is 4.39 Å². The Kier molecular flexibility index (Phi) is 6.71. The molecule has 0 aliphatic heterocycles. The maximum Gasteiger partial charge on any atom is 0.231 e. The predicted molar refractivity (Wildman–Crippen MR) is 108 cm³/mol. The van der Waals surface area contributed by atoms with E-state index in [4.69, 9.17) is 15.2 Å². The molecule has 0 radical (unpaired) electrons. The highest BCUT2D eigenvalue weighted by molar-refractivity contribution is 5.75. The summed E-state index contributed by atoms with van der Waals surface area (Å²) in [7, 11) is 1.75. The van der Waals surface area contributed by atoms with Crippen molar-refractivity contribution in [2.24, 2.45) is 5.73 Å². The average Bonchev–Trinajstić information content (AvgIpc) is 2.67. The molecule has 1 aliphatic rings. The first-order chi connectivity index (χ1) is 13.8. The van der Waals surface area contributed by atoms with Gasteiger partial charge in [0.25, 0.3) is 0 Å². The standard InChI is InChI=1S/C22H27FN2O4/c1-14-9-11-15(12-10-14)28-22-16(23)5-3-8-19(22)29-18-7-4-6-17(21(18)27)25(2)13-20(24)26/h3,5,8-12,17-18,21,27H,4,6-7,13H2,1-2H3,(H2,24,26)/t17-,18-,21-/m1/s1. The first kappa shape index (κ1) is 21.1. The fourth-order valence-electron chi connectivity index (χ4n) is 3.66. The number of aliphatic hydroxyl groups is 1. The van der Waals surface area contributed by atoms with E-state index < -0.39 is 23.9 Å². The van der Waals surface area contributed by atoms with Crippen molar-refractivity contribution in [1.29, 1.82) is 0 Å². The minimum Gasteiger partial charge on any atom is -0.484 e. The number of hydrogen-bond donors (Lipinski definition) is 2. The van der Waals surface area contributed by atoms with Crippen LogP contribution in [0.25, 0.3) is 0 Å². The number of para-hydroxylation sites is 1. The smallest absolute Gasteiger partial charge is 0.231 e. The van der Waals surface area contributed by atoms with Gasteiger partial charge in [-0.15, -0.1) is 0 Å². The molecule has 2 aromatic rings. The Morgan fingerprint density at radius 2 is 1.97 bits per heavy atom. The minimum absolute atomic E-state index is 0.0174. The molecule has 0 heterocycles. The van der Waals surface area contributed by atoms with Crippen molar-refractivity contribution in [1.82, 2.24) is 4.90 Å². The SMILES string of the molecule is Cc1ccc(Oc2c(F)cccc2O[C@@H]2CCC[C@@H](N(C)CC(N)=O)[C@H]2O)cc1. The number of carbonyl (C=O) groups excluding carboxylic acids is 1. The quantitative estimate of drug-likeness (QED) is 0.744. The monoisotopic (exact) mass is 402 g/mol. The number of benzene rings is 2. The molecule has 29 heavy (non-hydrogen) atoms. The molecule has 3 atom stereocenters. The third-order valence-corrected chi connectivity index (χ3v) is 5.19. The second kappa shape index (κ2) is 9.24. The van der Waals surface area contributed by atoms with Gasteiger partial charge in [-0.2, -0.15) is 0 Å². The number of likely N-dealkylation sites (N-methyl/N-ethyl adjacent to an activating group) is 1. The van der Waals surface area contributed by atoms with E-state index in [1.165, 1.54) is 6.07 Å². The zero-order valence-corrected chi connectivity index (χ0v) is 16.7. The molecule has 7 heteroatoms. The second-order valence-electron chi connectivity index (χ2n) is 7.51. The van der Waals surface area contributed by atoms with Crippen molar-refractivity contribution in [3.63, 3.8) is 0 Å². The van der Waals surface area contributed by atoms with E-state index >= 15 is 0 Å². The third kappa shape index (κ3) is 5.25. The average molecular weight is 402 g/mol. The van der Waals surface area contributed by atoms with E-state index in [0.717, 1.165) is 18.4 Å². The summed E-state index contributed by atoms with van der Waals surface area (Å²) in [5, 5.41) is 10.8. The van der Waals surface area contributed by atoms with Gasteiger partial charge < -0.3 is 20.3 Å². The third-order valence-electron chi connectivity index (χ3n) is 5.19. The Morgan fingerprint density at radius 3 is 2.66 bits per heavy atom. The Labute approximate surface area is 170 Å². The number of rotatable bonds is 7. The Morgan fingerprint density at radius 1 is 1.24 bits per heavy atom. The molecule has 0 aromatic heterocycles. The molecule has 2 aromatic carbocycles. The fourth-order valence-corrected chi connectivity index (χ4v) is 3.66. The van der Waals surface area contributed by atoms with Crippen molar-refractivity contribution < 1.29 is 23.8 Å². The van der Waals surface area contributed by atoms with E-state index in [1.54, 1.807) is 36.2 Å². The molecule has 1 saturated carbocycles. The number of aryl methyl sites for hydroxylation is 1. The van der Waals surface area contributed by atoms with Gasteiger partial charge in [-0.25, -0.2) is 4.39 Å². The van der Waals surface area contributed by atoms with E-state index in [0.29, 0.717) is 12.2 Å². The summed E-state index contributed by atoms with van der Waals surface area (Å²) in [5.74, 6) is -0.296. The van der Waals surface area contributed by atoms with Crippen LogP contribution in [0.2, 0.25) is 0 Å². The molecule has 6 nitrogen and oxygen atoms in total. The lowest BCUT2D eigenvalue weighted by Crippen LogP contribution is -2.53. The molecule has 0 unspecified atom stereocenters. The zero-order valence-electron chi connectivity index (χ0n) is 16.7. The van der Waals surface area contributed by atoms with Crippen LogP contribution in [-0.4, -0.2) is 47.8 Å². The molecule has 0 spiro atoms. The highest BCUT2D eigenvalue weighted by Crippen LogP contribution is 2.37. The lowest BCUT2D eigenvalue weighted by molar-refractivity contribution is -0.121. The maximum absolute atomic E-state index is 14.5. The molecular formula is C22H27FN2O4. The van der Waals surface area contributed by atoms with Gasteiger partial charge >= 0.3 is 0 Å². The van der Waals surface area contributed by atoms with Gasteiger partial charge in [-0.1, -0.05) is 23.8 Å². The van der Waals surface area contributed by atoms with Crippen molar-refractivity contribution >= 4 is 5.91 Å². The van der Waals surface area contributed by atoms with Gasteiger partial charge in [-0.3, -0.25) is 9.69 Å². The molecule has 156 valence electrons. The molecular weight excluding hydrogens is 375 g/mol. The van der Waals surface area contributed by atoms with E-state index in [1.807, 2.05) is 19.1 Å². The van der Waals surface area contributed by atoms with E-state index in [2.05, 4.69) is 0 Å². The Balaban J connectivity index is 1.78. The number of nitrogens with two attached hydrogens (primary N) is 1. The summed E-state index contributed by atoms with van der Waals surface area (Å²) >= 11 is 0. The van der Waals surface area contributed by atoms with Crippen LogP contribution >= 0.6 is 0 Å². The molecule has 0 bridgehead atoms. The summed E-state index contributed by atoms with van der Waals surface area (Å²) in [6, 6.07) is 11.5. The molecule has 1 amide bonds. The summed E-state index contributed by atoms with van der Waals surface area (Å²) < 4.78 is 26.2. The van der Waals surface area contributed by atoms with Crippen LogP contribution in [0.5, 0.6) is 17.2 Å². The van der Waals surface area contributed by atoms with Crippen LogP contribution < -0.4 is 15.2 Å². The number of ether oxygens (including phenoxy) is 2. The Hall–Kier alpha value is -2.64. The van der Waals surface area contributed by atoms with Crippen molar-refractivity contribution in [3.05, 3.63) is 53.8 Å². The number of carbonyl (C=O) groups is 1. The summed E-state index contributed by atoms with van der Waals surface area (Å²) in [5.41, 5.74) is 6.34. The first-order valence-electron chi connectivity index (χ1n) is 9.71. The number of aliphatic hydroxyl groups excluding tert-OH is 1. The fraction of sp³-hybridized carbons (Fsp3) is 0.409. The Bertz CT molecular complexity index is 843. The van der Waals surface area contributed by atoms with Crippen LogP contribution in [0.3, 0.4) is 0 Å².